The van der Waals surface area contributed by atoms with Crippen LogP contribution in [0.25, 0.3) is 0 Å². The third-order valence-corrected chi connectivity index (χ3v) is 6.41. The van der Waals surface area contributed by atoms with E-state index in [1.54, 1.807) is 11.1 Å². The molecule has 0 aliphatic carbocycles. The zero-order chi connectivity index (χ0) is 20.5. The number of nitrogens with zero attached hydrogens (tertiary/aromatic N) is 3. The van der Waals surface area contributed by atoms with Crippen molar-refractivity contribution < 1.29 is 9.59 Å². The van der Waals surface area contributed by atoms with Gasteiger partial charge in [-0.1, -0.05) is 54.6 Å². The summed E-state index contributed by atoms with van der Waals surface area (Å²) in [4.78, 5) is 26.3. The van der Waals surface area contributed by atoms with Crippen LogP contribution in [0.2, 0.25) is 0 Å². The molecule has 0 fully saturated rings. The number of para-hydroxylation sites is 1. The van der Waals surface area contributed by atoms with Gasteiger partial charge in [0.05, 0.1) is 10.6 Å². The van der Waals surface area contributed by atoms with Gasteiger partial charge in [0.2, 0.25) is 5.78 Å². The molecular weight excluding hydrogens is 416 g/mol. The lowest BCUT2D eigenvalue weighted by molar-refractivity contribution is -0.116. The van der Waals surface area contributed by atoms with Crippen molar-refractivity contribution in [2.75, 3.05) is 5.01 Å². The lowest BCUT2D eigenvalue weighted by Crippen LogP contribution is -2.20. The predicted octanol–water partition coefficient (Wildman–Crippen LogP) is 4.24. The number of ketones is 1. The van der Waals surface area contributed by atoms with Crippen molar-refractivity contribution in [1.29, 1.82) is 0 Å². The Labute approximate surface area is 180 Å². The van der Waals surface area contributed by atoms with Gasteiger partial charge in [0.1, 0.15) is 16.3 Å². The first-order valence-electron chi connectivity index (χ1n) is 9.10. The maximum absolute atomic E-state index is 13.0. The van der Waals surface area contributed by atoms with Crippen LogP contribution in [-0.4, -0.2) is 22.4 Å². The average molecular weight is 431 g/mol. The molecule has 0 saturated carbocycles. The molecule has 2 aliphatic heterocycles. The van der Waals surface area contributed by atoms with Crippen LogP contribution in [0.4, 0.5) is 5.69 Å². The van der Waals surface area contributed by atoms with Crippen LogP contribution >= 0.6 is 23.1 Å². The highest BCUT2D eigenvalue weighted by Gasteiger charge is 2.37. The highest BCUT2D eigenvalue weighted by molar-refractivity contribution is 8.19. The van der Waals surface area contributed by atoms with Gasteiger partial charge >= 0.3 is 0 Å². The normalized spacial score (nSPS) is 18.3. The first-order chi connectivity index (χ1) is 14.7. The first-order valence-corrected chi connectivity index (χ1v) is 10.8. The molecule has 30 heavy (non-hydrogen) atoms. The van der Waals surface area contributed by atoms with E-state index in [1.165, 1.54) is 23.1 Å². The van der Waals surface area contributed by atoms with Gasteiger partial charge < -0.3 is 0 Å². The van der Waals surface area contributed by atoms with E-state index in [4.69, 9.17) is 0 Å². The van der Waals surface area contributed by atoms with Gasteiger partial charge in [0.15, 0.2) is 5.04 Å². The maximum Gasteiger partial charge on any atom is 0.276 e. The molecule has 0 unspecified atom stereocenters. The molecule has 5 rings (SSSR count). The topological polar surface area (TPSA) is 74.1 Å². The summed E-state index contributed by atoms with van der Waals surface area (Å²) in [6.07, 6.45) is 0. The van der Waals surface area contributed by atoms with Crippen molar-refractivity contribution in [1.82, 2.24) is 5.43 Å². The summed E-state index contributed by atoms with van der Waals surface area (Å²) in [5.41, 5.74) is 5.05. The second kappa shape index (κ2) is 7.74. The number of thiophene rings is 1. The number of benzene rings is 2. The number of anilines is 1. The standard InChI is InChI=1S/C22H14N4O2S2/c27-19(16-12-7-13-29-16)21-25-26(15-10-5-2-6-11-15)22(30-21)17-18(23-24-20(17)28)14-8-3-1-4-9-14/h1-13H,(H,24,28). The van der Waals surface area contributed by atoms with E-state index in [0.29, 0.717) is 26.2 Å². The number of hydrogen-bond donors (Lipinski definition) is 1. The van der Waals surface area contributed by atoms with Crippen LogP contribution < -0.4 is 10.4 Å². The van der Waals surface area contributed by atoms with Crippen LogP contribution in [0.3, 0.4) is 0 Å². The Balaban J connectivity index is 1.63. The van der Waals surface area contributed by atoms with Gasteiger partial charge in [-0.2, -0.15) is 10.2 Å². The summed E-state index contributed by atoms with van der Waals surface area (Å²) in [5, 5.41) is 13.2. The van der Waals surface area contributed by atoms with Gasteiger partial charge in [0.25, 0.3) is 5.91 Å². The van der Waals surface area contributed by atoms with Crippen molar-refractivity contribution >= 4 is 51.2 Å². The number of rotatable bonds is 4. The third kappa shape index (κ3) is 3.26. The fourth-order valence-electron chi connectivity index (χ4n) is 3.13. The fraction of sp³-hybridized carbons (Fsp3) is 0. The zero-order valence-electron chi connectivity index (χ0n) is 15.5. The number of carbonyl (C=O) groups excluding carboxylic acids is 2. The summed E-state index contributed by atoms with van der Waals surface area (Å²) in [5.74, 6) is -0.486. The van der Waals surface area contributed by atoms with Gasteiger partial charge in [-0.25, -0.2) is 10.4 Å². The molecule has 0 spiro atoms. The summed E-state index contributed by atoms with van der Waals surface area (Å²) in [6, 6.07) is 22.5. The Hall–Kier alpha value is -3.49. The van der Waals surface area contributed by atoms with Crippen LogP contribution in [0.15, 0.2) is 99.0 Å². The van der Waals surface area contributed by atoms with Gasteiger partial charge in [-0.15, -0.1) is 11.3 Å². The van der Waals surface area contributed by atoms with Crippen molar-refractivity contribution in [2.24, 2.45) is 10.2 Å². The van der Waals surface area contributed by atoms with Crippen molar-refractivity contribution in [3.8, 4) is 0 Å². The number of Topliss-reactive ketones (excluding diaryl/α,β-unsaturated/α-hetero) is 1. The smallest absolute Gasteiger partial charge is 0.276 e. The minimum absolute atomic E-state index is 0.164. The Morgan fingerprint density at radius 3 is 2.37 bits per heavy atom. The zero-order valence-corrected chi connectivity index (χ0v) is 17.1. The third-order valence-electron chi connectivity index (χ3n) is 4.51. The lowest BCUT2D eigenvalue weighted by atomic mass is 10.0. The lowest BCUT2D eigenvalue weighted by Gasteiger charge is -2.17. The molecule has 0 bridgehead atoms. The van der Waals surface area contributed by atoms with E-state index >= 15 is 0 Å². The molecule has 2 aliphatic rings. The van der Waals surface area contributed by atoms with Gasteiger partial charge in [-0.3, -0.25) is 9.59 Å². The molecule has 1 aromatic heterocycles. The summed E-state index contributed by atoms with van der Waals surface area (Å²) in [6.45, 7) is 0. The number of hydrazone groups is 2. The second-order valence-corrected chi connectivity index (χ2v) is 8.33. The van der Waals surface area contributed by atoms with E-state index in [2.05, 4.69) is 15.6 Å². The molecule has 1 N–H and O–H groups in total. The second-order valence-electron chi connectivity index (χ2n) is 6.41. The Bertz CT molecular complexity index is 1220. The van der Waals surface area contributed by atoms with E-state index in [1.807, 2.05) is 72.1 Å². The molecule has 146 valence electrons. The van der Waals surface area contributed by atoms with Crippen LogP contribution in [0, 0.1) is 0 Å². The minimum atomic E-state index is -0.322. The molecule has 0 radical (unpaired) electrons. The van der Waals surface area contributed by atoms with E-state index in [0.717, 1.165) is 11.3 Å². The number of amides is 1. The molecular formula is C22H14N4O2S2. The number of nitrogens with one attached hydrogen (secondary N) is 1. The van der Waals surface area contributed by atoms with Crippen molar-refractivity contribution in [2.45, 2.75) is 0 Å². The van der Waals surface area contributed by atoms with Gasteiger partial charge in [0, 0.05) is 5.56 Å². The highest BCUT2D eigenvalue weighted by atomic mass is 32.2. The van der Waals surface area contributed by atoms with Crippen LogP contribution in [0.1, 0.15) is 15.2 Å². The Morgan fingerprint density at radius 2 is 1.67 bits per heavy atom. The predicted molar refractivity (Wildman–Crippen MR) is 121 cm³/mol. The van der Waals surface area contributed by atoms with E-state index < -0.39 is 0 Å². The largest absolute Gasteiger partial charge is 0.285 e. The summed E-state index contributed by atoms with van der Waals surface area (Å²) < 4.78 is 0. The SMILES string of the molecule is O=C1NN=C(c2ccccc2)C1=C1SC(C(=O)c2cccs2)=NN1c1ccccc1. The van der Waals surface area contributed by atoms with E-state index in [9.17, 15) is 9.59 Å². The maximum atomic E-state index is 13.0. The fourth-order valence-corrected chi connectivity index (χ4v) is 4.89. The van der Waals surface area contributed by atoms with Crippen molar-refractivity contribution in [3.05, 3.63) is 99.2 Å². The number of thioether (sulfide) groups is 1. The van der Waals surface area contributed by atoms with Crippen LogP contribution in [0.5, 0.6) is 0 Å². The molecule has 1 amide bonds. The van der Waals surface area contributed by atoms with Gasteiger partial charge in [-0.05, 0) is 35.3 Å². The highest BCUT2D eigenvalue weighted by Crippen LogP contribution is 2.39. The number of carbonyl (C=O) groups is 2. The molecule has 6 nitrogen and oxygen atoms in total. The molecule has 2 aromatic carbocycles. The molecule has 3 aromatic rings. The molecule has 8 heteroatoms. The average Bonchev–Trinajstić information content (AvgIpc) is 3.54. The molecule has 0 atom stereocenters. The Kier molecular flexibility index (Phi) is 4.78. The molecule has 0 saturated heterocycles. The molecule has 3 heterocycles. The van der Waals surface area contributed by atoms with E-state index in [-0.39, 0.29) is 11.7 Å². The first kappa shape index (κ1) is 18.5. The van der Waals surface area contributed by atoms with Crippen LogP contribution in [-0.2, 0) is 4.79 Å². The minimum Gasteiger partial charge on any atom is -0.285 e. The summed E-state index contributed by atoms with van der Waals surface area (Å²) in [7, 11) is 0. The number of hydrogen-bond acceptors (Lipinski definition) is 7. The monoisotopic (exact) mass is 430 g/mol. The van der Waals surface area contributed by atoms with Crippen molar-refractivity contribution in [3.63, 3.8) is 0 Å². The Morgan fingerprint density at radius 1 is 0.933 bits per heavy atom. The summed E-state index contributed by atoms with van der Waals surface area (Å²) >= 11 is 2.56. The quantitative estimate of drug-likeness (QED) is 0.496.